The number of nitrogens with zero attached hydrogens (tertiary/aromatic N) is 4. The highest BCUT2D eigenvalue weighted by molar-refractivity contribution is 6.46. The molecule has 1 unspecified atom stereocenters. The van der Waals surface area contributed by atoms with Crippen LogP contribution >= 0.6 is 23.2 Å². The first-order valence-electron chi connectivity index (χ1n) is 11.0. The Labute approximate surface area is 210 Å². The summed E-state index contributed by atoms with van der Waals surface area (Å²) >= 11 is 13.1. The van der Waals surface area contributed by atoms with Gasteiger partial charge in [-0.05, 0) is 44.3 Å². The number of carbonyl (C=O) groups excluding carboxylic acids is 1. The third kappa shape index (κ3) is 5.28. The van der Waals surface area contributed by atoms with E-state index in [0.29, 0.717) is 28.0 Å². The van der Waals surface area contributed by atoms with Gasteiger partial charge in [0, 0.05) is 49.2 Å². The van der Waals surface area contributed by atoms with Crippen LogP contribution in [-0.2, 0) is 17.9 Å². The number of pyridine rings is 1. The van der Waals surface area contributed by atoms with E-state index in [1.165, 1.54) is 16.7 Å². The smallest absolute Gasteiger partial charge is 0.145 e. The maximum Gasteiger partial charge on any atom is 0.145 e. The average Bonchev–Trinajstić information content (AvgIpc) is 3.47. The van der Waals surface area contributed by atoms with Gasteiger partial charge in [0.15, 0.2) is 0 Å². The molecule has 1 saturated heterocycles. The molecule has 1 fully saturated rings. The van der Waals surface area contributed by atoms with Gasteiger partial charge in [0.05, 0.1) is 24.3 Å². The zero-order valence-corrected chi connectivity index (χ0v) is 21.2. The Balaban J connectivity index is 0.000000751. The Hall–Kier alpha value is -2.45. The molecule has 2 aliphatic rings. The molecule has 0 radical (unpaired) electrons. The summed E-state index contributed by atoms with van der Waals surface area (Å²) in [6.45, 7) is 8.83. The number of aliphatic hydroxyl groups is 1. The molecule has 9 heteroatoms. The molecular weight excluding hydrogens is 475 g/mol. The molecular formula is C25H30Cl2N4O3. The van der Waals surface area contributed by atoms with Crippen molar-refractivity contribution in [2.24, 2.45) is 10.9 Å². The molecule has 34 heavy (non-hydrogen) atoms. The zero-order chi connectivity index (χ0) is 24.8. The fourth-order valence-electron chi connectivity index (χ4n) is 4.56. The summed E-state index contributed by atoms with van der Waals surface area (Å²) in [4.78, 5) is 22.6. The summed E-state index contributed by atoms with van der Waals surface area (Å²) in [5, 5.41) is 9.38. The quantitative estimate of drug-likeness (QED) is 0.350. The summed E-state index contributed by atoms with van der Waals surface area (Å²) in [6.07, 6.45) is 7.52. The lowest BCUT2D eigenvalue weighted by Crippen LogP contribution is -2.23. The molecule has 7 nitrogen and oxygen atoms in total. The van der Waals surface area contributed by atoms with Crippen LogP contribution in [0.3, 0.4) is 0 Å². The molecule has 0 amide bonds. The summed E-state index contributed by atoms with van der Waals surface area (Å²) in [6, 6.07) is 1.97. The van der Waals surface area contributed by atoms with Gasteiger partial charge in [-0.3, -0.25) is 9.89 Å². The maximum absolute atomic E-state index is 8.92. The molecule has 182 valence electrons. The number of hydrogen-bond donors (Lipinski definition) is 1. The van der Waals surface area contributed by atoms with Gasteiger partial charge in [-0.15, -0.1) is 0 Å². The molecule has 1 aromatic heterocycles. The van der Waals surface area contributed by atoms with Gasteiger partial charge >= 0.3 is 0 Å². The van der Waals surface area contributed by atoms with Crippen LogP contribution in [0.25, 0.3) is 10.9 Å². The van der Waals surface area contributed by atoms with E-state index < -0.39 is 0 Å². The van der Waals surface area contributed by atoms with Crippen LogP contribution in [0, 0.1) is 5.92 Å². The van der Waals surface area contributed by atoms with Crippen LogP contribution in [0.5, 0.6) is 5.75 Å². The normalized spacial score (nSPS) is 18.2. The number of aliphatic imine (C=N–C) groups is 1. The number of methoxy groups -OCH3 is 1. The number of fused-ring (bicyclic) bond motifs is 3. The van der Waals surface area contributed by atoms with Gasteiger partial charge in [-0.1, -0.05) is 35.4 Å². The Bertz CT molecular complexity index is 1130. The molecule has 1 N–H and O–H groups in total. The van der Waals surface area contributed by atoms with Crippen molar-refractivity contribution < 1.29 is 14.6 Å². The first kappa shape index (κ1) is 26.2. The van der Waals surface area contributed by atoms with Gasteiger partial charge in [-0.25, -0.2) is 4.98 Å². The molecule has 0 aliphatic carbocycles. The minimum atomic E-state index is -0.361. The Morgan fingerprint density at radius 3 is 2.68 bits per heavy atom. The van der Waals surface area contributed by atoms with Gasteiger partial charge in [0.25, 0.3) is 0 Å². The minimum absolute atomic E-state index is 0.361. The third-order valence-corrected chi connectivity index (χ3v) is 6.87. The largest absolute Gasteiger partial charge is 0.495 e. The number of hydrogen-bond acceptors (Lipinski definition) is 7. The molecule has 1 aromatic carbocycles. The predicted octanol–water partition coefficient (Wildman–Crippen LogP) is 4.66. The predicted molar refractivity (Wildman–Crippen MR) is 139 cm³/mol. The summed E-state index contributed by atoms with van der Waals surface area (Å²) in [5.74, 6) is 1.99. The first-order chi connectivity index (χ1) is 16.4. The molecule has 2 aliphatic heterocycles. The molecule has 2 aromatic rings. The van der Waals surface area contributed by atoms with Crippen LogP contribution < -0.4 is 9.64 Å². The van der Waals surface area contributed by atoms with Crippen LogP contribution in [0.2, 0.25) is 10.0 Å². The molecule has 0 bridgehead atoms. The van der Waals surface area contributed by atoms with Crippen molar-refractivity contribution in [3.63, 3.8) is 0 Å². The SMILES string of the molecule is C=N/C=C(\C=C/C)C1CCN(c2nc3c(Cl)c(Cl)c(OC)cc3c3c2CN(C)C3)C1.O=CCO. The Kier molecular flexibility index (Phi) is 9.08. The number of benzene rings is 1. The third-order valence-electron chi connectivity index (χ3n) is 6.03. The molecule has 0 spiro atoms. The minimum Gasteiger partial charge on any atom is -0.495 e. The Morgan fingerprint density at radius 2 is 2.06 bits per heavy atom. The number of ether oxygens (including phenoxy) is 1. The summed E-state index contributed by atoms with van der Waals surface area (Å²) in [5.41, 5.74) is 4.47. The maximum atomic E-state index is 8.92. The van der Waals surface area contributed by atoms with Crippen molar-refractivity contribution in [3.05, 3.63) is 51.2 Å². The lowest BCUT2D eigenvalue weighted by Gasteiger charge is -2.22. The van der Waals surface area contributed by atoms with E-state index in [1.54, 1.807) is 7.11 Å². The topological polar surface area (TPSA) is 78.3 Å². The number of carbonyl (C=O) groups is 1. The number of allylic oxidation sites excluding steroid dienone is 2. The highest BCUT2D eigenvalue weighted by Crippen LogP contribution is 2.44. The fraction of sp³-hybridized carbons (Fsp3) is 0.400. The van der Waals surface area contributed by atoms with E-state index in [-0.39, 0.29) is 6.61 Å². The number of rotatable bonds is 6. The second-order valence-electron chi connectivity index (χ2n) is 8.26. The van der Waals surface area contributed by atoms with Crippen molar-refractivity contribution >= 4 is 52.9 Å². The van der Waals surface area contributed by atoms with Crippen molar-refractivity contribution in [1.29, 1.82) is 0 Å². The highest BCUT2D eigenvalue weighted by atomic mass is 35.5. The van der Waals surface area contributed by atoms with Crippen LogP contribution in [-0.4, -0.2) is 61.8 Å². The van der Waals surface area contributed by atoms with E-state index >= 15 is 0 Å². The first-order valence-corrected chi connectivity index (χ1v) is 11.8. The standard InChI is InChI=1S/C23H26Cl2N4O.C2H4O2/c1-5-6-14(10-26-2)15-7-8-29(11-15)23-18-13-28(3)12-17(18)16-9-19(30-4)20(24)21(25)22(16)27-23;3-1-2-4/h5-6,9-10,15H,2,7-8,11-13H2,1,3-4H3;1,4H,2H2/b6-5-,14-10+;. The van der Waals surface area contributed by atoms with Gasteiger partial charge in [0.1, 0.15) is 22.9 Å². The van der Waals surface area contributed by atoms with E-state index in [9.17, 15) is 0 Å². The van der Waals surface area contributed by atoms with Crippen molar-refractivity contribution in [2.75, 3.05) is 38.8 Å². The monoisotopic (exact) mass is 504 g/mol. The van der Waals surface area contributed by atoms with Crippen LogP contribution in [0.4, 0.5) is 5.82 Å². The summed E-state index contributed by atoms with van der Waals surface area (Å²) < 4.78 is 5.44. The van der Waals surface area contributed by atoms with Crippen LogP contribution in [0.1, 0.15) is 24.5 Å². The number of anilines is 1. The van der Waals surface area contributed by atoms with E-state index in [0.717, 1.165) is 49.3 Å². The number of aldehydes is 1. The van der Waals surface area contributed by atoms with Crippen LogP contribution in [0.15, 0.2) is 35.0 Å². The highest BCUT2D eigenvalue weighted by Gasteiger charge is 2.32. The van der Waals surface area contributed by atoms with Gasteiger partial charge < -0.3 is 19.5 Å². The fourth-order valence-corrected chi connectivity index (χ4v) is 5.02. The second kappa shape index (κ2) is 11.8. The van der Waals surface area contributed by atoms with E-state index in [2.05, 4.69) is 40.7 Å². The molecule has 3 heterocycles. The van der Waals surface area contributed by atoms with Crippen molar-refractivity contribution in [3.8, 4) is 5.75 Å². The van der Waals surface area contributed by atoms with E-state index in [1.807, 2.05) is 19.2 Å². The number of aromatic nitrogens is 1. The molecule has 0 saturated carbocycles. The zero-order valence-electron chi connectivity index (χ0n) is 19.7. The van der Waals surface area contributed by atoms with Crippen molar-refractivity contribution in [2.45, 2.75) is 26.4 Å². The number of aliphatic hydroxyl groups excluding tert-OH is 1. The number of halogens is 2. The van der Waals surface area contributed by atoms with Crippen molar-refractivity contribution in [1.82, 2.24) is 9.88 Å². The van der Waals surface area contributed by atoms with Gasteiger partial charge in [0.2, 0.25) is 0 Å². The van der Waals surface area contributed by atoms with Gasteiger partial charge in [-0.2, -0.15) is 0 Å². The lowest BCUT2D eigenvalue weighted by molar-refractivity contribution is -0.110. The second-order valence-corrected chi connectivity index (χ2v) is 9.02. The molecule has 4 rings (SSSR count). The van der Waals surface area contributed by atoms with E-state index in [4.69, 9.17) is 42.8 Å². The summed E-state index contributed by atoms with van der Waals surface area (Å²) in [7, 11) is 3.73. The lowest BCUT2D eigenvalue weighted by atomic mass is 9.98. The average molecular weight is 505 g/mol. The molecule has 1 atom stereocenters. The Morgan fingerprint density at radius 1 is 1.35 bits per heavy atom.